The third-order valence-corrected chi connectivity index (χ3v) is 6.67. The van der Waals surface area contributed by atoms with Crippen molar-refractivity contribution in [2.75, 3.05) is 39.4 Å². The molecule has 2 saturated heterocycles. The fourth-order valence-electron chi connectivity index (χ4n) is 4.34. The van der Waals surface area contributed by atoms with Gasteiger partial charge in [0.25, 0.3) is 11.8 Å². The lowest BCUT2D eigenvalue weighted by atomic mass is 9.98. The predicted octanol–water partition coefficient (Wildman–Crippen LogP) is 1.55. The monoisotopic (exact) mass is 504 g/mol. The molecule has 4 N–H and O–H groups in total. The summed E-state index contributed by atoms with van der Waals surface area (Å²) in [4.78, 5) is 30.9. The number of morpholine rings is 1. The lowest BCUT2D eigenvalue weighted by Gasteiger charge is -2.28. The van der Waals surface area contributed by atoms with Crippen molar-refractivity contribution in [3.63, 3.8) is 0 Å². The molecule has 4 rings (SSSR count). The first-order valence-corrected chi connectivity index (χ1v) is 11.8. The fourth-order valence-corrected chi connectivity index (χ4v) is 4.79. The molecule has 32 heavy (non-hydrogen) atoms. The van der Waals surface area contributed by atoms with Crippen LogP contribution >= 0.6 is 15.9 Å². The van der Waals surface area contributed by atoms with Gasteiger partial charge < -0.3 is 25.5 Å². The van der Waals surface area contributed by atoms with Crippen LogP contribution in [0.3, 0.4) is 0 Å². The molecule has 0 bridgehead atoms. The number of amides is 2. The van der Waals surface area contributed by atoms with Gasteiger partial charge in [-0.2, -0.15) is 0 Å². The van der Waals surface area contributed by atoms with Crippen molar-refractivity contribution in [1.29, 1.82) is 0 Å². The minimum atomic E-state index is -0.652. The second kappa shape index (κ2) is 9.74. The van der Waals surface area contributed by atoms with E-state index in [1.54, 1.807) is 6.08 Å². The average Bonchev–Trinajstić information content (AvgIpc) is 3.22. The third-order valence-electron chi connectivity index (χ3n) is 6.03. The standard InChI is InChI=1S/C23H29BrN4O4/c1-13-20(10-18-17-9-15(24)3-4-19(17)27-22(18)30)26-14(2)21(13)23(31)25-11-16(29)12-28-5-7-32-8-6-28/h4,9-10,15-16,26,29H,3,5-8,11-12H2,1-2H3,(H,25,31)(H,27,30)/b18-10-. The minimum absolute atomic E-state index is 0.145. The Balaban J connectivity index is 1.46. The Morgan fingerprint density at radius 2 is 2.16 bits per heavy atom. The van der Waals surface area contributed by atoms with Crippen molar-refractivity contribution in [3.8, 4) is 0 Å². The van der Waals surface area contributed by atoms with Crippen LogP contribution in [0, 0.1) is 13.8 Å². The van der Waals surface area contributed by atoms with Crippen molar-refractivity contribution in [2.45, 2.75) is 31.2 Å². The van der Waals surface area contributed by atoms with Crippen LogP contribution in [0.5, 0.6) is 0 Å². The van der Waals surface area contributed by atoms with Gasteiger partial charge in [-0.05, 0) is 31.9 Å². The molecular formula is C23H29BrN4O4. The van der Waals surface area contributed by atoms with E-state index in [0.717, 1.165) is 47.7 Å². The number of β-amino-alcohol motifs (C(OH)–C–C–N with tert-alkyl or cyclic N) is 1. The molecule has 3 aliphatic rings. The van der Waals surface area contributed by atoms with Crippen LogP contribution in [0.1, 0.15) is 33.7 Å². The highest BCUT2D eigenvalue weighted by atomic mass is 79.9. The van der Waals surface area contributed by atoms with Gasteiger partial charge in [0.2, 0.25) is 0 Å². The van der Waals surface area contributed by atoms with Crippen molar-refractivity contribution >= 4 is 33.8 Å². The molecule has 2 atom stereocenters. The molecular weight excluding hydrogens is 476 g/mol. The number of alkyl halides is 1. The summed E-state index contributed by atoms with van der Waals surface area (Å²) in [5.41, 5.74) is 5.06. The van der Waals surface area contributed by atoms with E-state index < -0.39 is 6.10 Å². The number of nitrogens with one attached hydrogen (secondary N) is 3. The molecule has 8 nitrogen and oxygen atoms in total. The highest BCUT2D eigenvalue weighted by molar-refractivity contribution is 9.09. The first-order valence-electron chi connectivity index (χ1n) is 10.9. The number of aliphatic hydroxyl groups excluding tert-OH is 1. The number of fused-ring (bicyclic) bond motifs is 1. The van der Waals surface area contributed by atoms with Gasteiger partial charge in [-0.3, -0.25) is 14.5 Å². The number of aromatic nitrogens is 1. The van der Waals surface area contributed by atoms with Crippen LogP contribution in [0.15, 0.2) is 29.0 Å². The number of carbonyl (C=O) groups is 2. The molecule has 2 aliphatic heterocycles. The highest BCUT2D eigenvalue weighted by Gasteiger charge is 2.30. The van der Waals surface area contributed by atoms with Crippen LogP contribution < -0.4 is 10.6 Å². The van der Waals surface area contributed by atoms with Gasteiger partial charge in [0.15, 0.2) is 0 Å². The molecule has 2 unspecified atom stereocenters. The largest absolute Gasteiger partial charge is 0.390 e. The molecule has 2 fully saturated rings. The van der Waals surface area contributed by atoms with Crippen LogP contribution in [0.4, 0.5) is 0 Å². The smallest absolute Gasteiger partial charge is 0.256 e. The first kappa shape index (κ1) is 23.0. The first-order chi connectivity index (χ1) is 15.3. The Hall–Kier alpha value is -2.20. The number of rotatable bonds is 6. The summed E-state index contributed by atoms with van der Waals surface area (Å²) in [6, 6.07) is 0. The van der Waals surface area contributed by atoms with Crippen LogP contribution in [0.25, 0.3) is 6.08 Å². The Morgan fingerprint density at radius 3 is 2.91 bits per heavy atom. The number of H-pyrrole nitrogens is 1. The summed E-state index contributed by atoms with van der Waals surface area (Å²) in [6.45, 7) is 7.28. The highest BCUT2D eigenvalue weighted by Crippen LogP contribution is 2.33. The summed E-state index contributed by atoms with van der Waals surface area (Å²) in [5.74, 6) is -0.385. The van der Waals surface area contributed by atoms with E-state index >= 15 is 0 Å². The number of hydrogen-bond donors (Lipinski definition) is 4. The van der Waals surface area contributed by atoms with Crippen molar-refractivity contribution in [1.82, 2.24) is 20.5 Å². The molecule has 0 radical (unpaired) electrons. The number of halogens is 1. The van der Waals surface area contributed by atoms with Gasteiger partial charge in [-0.25, -0.2) is 0 Å². The van der Waals surface area contributed by atoms with Crippen LogP contribution in [0.2, 0.25) is 0 Å². The maximum absolute atomic E-state index is 12.9. The maximum atomic E-state index is 12.9. The number of ether oxygens (including phenoxy) is 1. The fraction of sp³-hybridized carbons (Fsp3) is 0.478. The molecule has 172 valence electrons. The van der Waals surface area contributed by atoms with Crippen molar-refractivity contribution in [2.24, 2.45) is 0 Å². The van der Waals surface area contributed by atoms with Gasteiger partial charge >= 0.3 is 0 Å². The minimum Gasteiger partial charge on any atom is -0.390 e. The Morgan fingerprint density at radius 1 is 1.41 bits per heavy atom. The third kappa shape index (κ3) is 4.91. The summed E-state index contributed by atoms with van der Waals surface area (Å²) in [5, 5.41) is 16.1. The summed E-state index contributed by atoms with van der Waals surface area (Å²) >= 11 is 3.59. The van der Waals surface area contributed by atoms with E-state index in [4.69, 9.17) is 4.74 Å². The summed E-state index contributed by atoms with van der Waals surface area (Å²) in [6.07, 6.45) is 6.03. The number of nitrogens with zero attached hydrogens (tertiary/aromatic N) is 1. The zero-order chi connectivity index (χ0) is 22.8. The second-order valence-electron chi connectivity index (χ2n) is 8.40. The maximum Gasteiger partial charge on any atom is 0.256 e. The van der Waals surface area contributed by atoms with Gasteiger partial charge in [0, 0.05) is 53.7 Å². The topological polar surface area (TPSA) is 107 Å². The molecule has 3 heterocycles. The van der Waals surface area contributed by atoms with Crippen LogP contribution in [-0.4, -0.2) is 77.1 Å². The molecule has 2 amide bonds. The summed E-state index contributed by atoms with van der Waals surface area (Å²) in [7, 11) is 0. The van der Waals surface area contributed by atoms with E-state index in [1.165, 1.54) is 0 Å². The van der Waals surface area contributed by atoms with Gasteiger partial charge in [0.05, 0.1) is 30.5 Å². The van der Waals surface area contributed by atoms with E-state index in [9.17, 15) is 14.7 Å². The molecule has 0 aromatic carbocycles. The number of carbonyl (C=O) groups excluding carboxylic acids is 2. The lowest BCUT2D eigenvalue weighted by Crippen LogP contribution is -2.44. The molecule has 0 spiro atoms. The molecule has 0 saturated carbocycles. The van der Waals surface area contributed by atoms with Gasteiger partial charge in [-0.15, -0.1) is 0 Å². The lowest BCUT2D eigenvalue weighted by molar-refractivity contribution is -0.115. The zero-order valence-corrected chi connectivity index (χ0v) is 19.9. The van der Waals surface area contributed by atoms with E-state index in [1.807, 2.05) is 26.0 Å². The van der Waals surface area contributed by atoms with Gasteiger partial charge in [0.1, 0.15) is 0 Å². The van der Waals surface area contributed by atoms with Gasteiger partial charge in [-0.1, -0.05) is 28.1 Å². The van der Waals surface area contributed by atoms with E-state index in [0.29, 0.717) is 30.9 Å². The molecule has 9 heteroatoms. The van der Waals surface area contributed by atoms with E-state index in [2.05, 4.69) is 36.4 Å². The number of aromatic amines is 1. The summed E-state index contributed by atoms with van der Waals surface area (Å²) < 4.78 is 5.32. The normalized spacial score (nSPS) is 23.4. The number of hydrogen-bond acceptors (Lipinski definition) is 5. The SMILES string of the molecule is Cc1[nH]c(/C=C2\C(=O)NC3=CCC(Br)C=C32)c(C)c1C(=O)NCC(O)CN1CCOCC1. The van der Waals surface area contributed by atoms with Crippen molar-refractivity contribution < 1.29 is 19.4 Å². The number of allylic oxidation sites excluding steroid dienone is 3. The predicted molar refractivity (Wildman–Crippen MR) is 125 cm³/mol. The molecule has 1 aromatic rings. The Kier molecular flexibility index (Phi) is 6.99. The zero-order valence-electron chi connectivity index (χ0n) is 18.3. The second-order valence-corrected chi connectivity index (χ2v) is 9.58. The van der Waals surface area contributed by atoms with Crippen molar-refractivity contribution in [3.05, 3.63) is 51.5 Å². The quantitative estimate of drug-likeness (QED) is 0.347. The Bertz CT molecular complexity index is 1000. The number of aliphatic hydroxyl groups is 1. The van der Waals surface area contributed by atoms with E-state index in [-0.39, 0.29) is 23.2 Å². The number of aryl methyl sites for hydroxylation is 1. The Labute approximate surface area is 195 Å². The molecule has 1 aromatic heterocycles. The average molecular weight is 505 g/mol. The molecule has 1 aliphatic carbocycles. The van der Waals surface area contributed by atoms with Crippen LogP contribution in [-0.2, 0) is 9.53 Å².